The third kappa shape index (κ3) is 2.15. The summed E-state index contributed by atoms with van der Waals surface area (Å²) in [5.74, 6) is 0.608. The van der Waals surface area contributed by atoms with Crippen LogP contribution in [-0.2, 0) is 0 Å². The first-order valence-corrected chi connectivity index (χ1v) is 5.89. The molecule has 1 atom stereocenters. The zero-order valence-corrected chi connectivity index (χ0v) is 9.97. The van der Waals surface area contributed by atoms with Crippen molar-refractivity contribution in [2.24, 2.45) is 0 Å². The van der Waals surface area contributed by atoms with Gasteiger partial charge in [-0.05, 0) is 53.9 Å². The first kappa shape index (κ1) is 10.1. The highest BCUT2D eigenvalue weighted by atomic mass is 79.9. The van der Waals surface area contributed by atoms with E-state index in [1.165, 1.54) is 24.1 Å². The third-order valence-corrected chi connectivity index (χ3v) is 3.20. The van der Waals surface area contributed by atoms with Gasteiger partial charge in [0.2, 0.25) is 0 Å². The third-order valence-electron chi connectivity index (χ3n) is 2.77. The predicted octanol–water partition coefficient (Wildman–Crippen LogP) is 2.62. The number of nitrogens with zero attached hydrogens (tertiary/aromatic N) is 1. The van der Waals surface area contributed by atoms with Gasteiger partial charge in [-0.15, -0.1) is 0 Å². The van der Waals surface area contributed by atoms with Gasteiger partial charge in [0.15, 0.2) is 0 Å². The van der Waals surface area contributed by atoms with Crippen LogP contribution in [0.5, 0.6) is 0 Å². The minimum Gasteiger partial charge on any atom is -0.316 e. The van der Waals surface area contributed by atoms with Crippen LogP contribution in [0.1, 0.15) is 30.0 Å². The van der Waals surface area contributed by atoms with E-state index in [4.69, 9.17) is 0 Å². The molecule has 2 nitrogen and oxygen atoms in total. The summed E-state index contributed by atoms with van der Waals surface area (Å²) >= 11 is 3.44. The van der Waals surface area contributed by atoms with Gasteiger partial charge < -0.3 is 5.32 Å². The van der Waals surface area contributed by atoms with Crippen molar-refractivity contribution in [2.45, 2.75) is 25.7 Å². The molecule has 14 heavy (non-hydrogen) atoms. The molecule has 2 heterocycles. The molecule has 1 aromatic heterocycles. The van der Waals surface area contributed by atoms with Crippen LogP contribution in [0.4, 0.5) is 0 Å². The van der Waals surface area contributed by atoms with Crippen molar-refractivity contribution >= 4 is 15.9 Å². The lowest BCUT2D eigenvalue weighted by atomic mass is 9.93. The van der Waals surface area contributed by atoms with Gasteiger partial charge in [0.25, 0.3) is 0 Å². The van der Waals surface area contributed by atoms with E-state index in [0.717, 1.165) is 17.6 Å². The molecule has 0 amide bonds. The molecule has 1 aliphatic heterocycles. The molecule has 1 saturated heterocycles. The average Bonchev–Trinajstić information content (AvgIpc) is 2.19. The Labute approximate surface area is 93.3 Å². The fraction of sp³-hybridized carbons (Fsp3) is 0.545. The second kappa shape index (κ2) is 4.41. The van der Waals surface area contributed by atoms with Crippen LogP contribution in [0.2, 0.25) is 0 Å². The lowest BCUT2D eigenvalue weighted by Gasteiger charge is -2.23. The topological polar surface area (TPSA) is 24.9 Å². The summed E-state index contributed by atoms with van der Waals surface area (Å²) in [5, 5.41) is 3.42. The zero-order valence-electron chi connectivity index (χ0n) is 8.39. The van der Waals surface area contributed by atoms with E-state index < -0.39 is 0 Å². The molecule has 0 spiro atoms. The number of aryl methyl sites for hydroxylation is 1. The van der Waals surface area contributed by atoms with Crippen molar-refractivity contribution in [3.05, 3.63) is 28.0 Å². The Morgan fingerprint density at radius 3 is 3.07 bits per heavy atom. The number of hydrogen-bond donors (Lipinski definition) is 1. The van der Waals surface area contributed by atoms with Crippen molar-refractivity contribution in [1.29, 1.82) is 0 Å². The van der Waals surface area contributed by atoms with Gasteiger partial charge >= 0.3 is 0 Å². The molecule has 1 fully saturated rings. The minimum atomic E-state index is 0.608. The highest BCUT2D eigenvalue weighted by Gasteiger charge is 2.17. The van der Waals surface area contributed by atoms with Gasteiger partial charge in [-0.1, -0.05) is 0 Å². The normalized spacial score (nSPS) is 22.3. The van der Waals surface area contributed by atoms with Gasteiger partial charge in [-0.25, -0.2) is 0 Å². The van der Waals surface area contributed by atoms with Crippen molar-refractivity contribution in [3.63, 3.8) is 0 Å². The van der Waals surface area contributed by atoms with Gasteiger partial charge in [0, 0.05) is 28.8 Å². The molecule has 2 rings (SSSR count). The summed E-state index contributed by atoms with van der Waals surface area (Å²) in [7, 11) is 0. The van der Waals surface area contributed by atoms with E-state index in [-0.39, 0.29) is 0 Å². The second-order valence-electron chi connectivity index (χ2n) is 3.90. The largest absolute Gasteiger partial charge is 0.316 e. The van der Waals surface area contributed by atoms with Crippen LogP contribution in [-0.4, -0.2) is 18.1 Å². The fourth-order valence-corrected chi connectivity index (χ4v) is 2.51. The van der Waals surface area contributed by atoms with Crippen LogP contribution in [0.3, 0.4) is 0 Å². The summed E-state index contributed by atoms with van der Waals surface area (Å²) < 4.78 is 1.07. The van der Waals surface area contributed by atoms with Crippen LogP contribution < -0.4 is 5.32 Å². The molecule has 1 aromatic rings. The van der Waals surface area contributed by atoms with Crippen LogP contribution in [0.15, 0.2) is 16.7 Å². The second-order valence-corrected chi connectivity index (χ2v) is 4.81. The lowest BCUT2D eigenvalue weighted by Crippen LogP contribution is -2.29. The van der Waals surface area contributed by atoms with Crippen molar-refractivity contribution in [2.75, 3.05) is 13.1 Å². The molecule has 0 radical (unpaired) electrons. The van der Waals surface area contributed by atoms with E-state index >= 15 is 0 Å². The first-order chi connectivity index (χ1) is 6.77. The number of nitrogens with one attached hydrogen (secondary N) is 1. The number of aromatic nitrogens is 1. The molecule has 76 valence electrons. The van der Waals surface area contributed by atoms with E-state index in [0.29, 0.717) is 5.92 Å². The molecule has 1 aliphatic rings. The van der Waals surface area contributed by atoms with Gasteiger partial charge in [0.1, 0.15) is 0 Å². The standard InChI is InChI=1S/C11H15BrN2/c1-8-5-10(12)7-14-11(8)9-3-2-4-13-6-9/h5,7,9,13H,2-4,6H2,1H3. The van der Waals surface area contributed by atoms with E-state index in [1.54, 1.807) is 0 Å². The zero-order chi connectivity index (χ0) is 9.97. The Hall–Kier alpha value is -0.410. The Balaban J connectivity index is 2.22. The summed E-state index contributed by atoms with van der Waals surface area (Å²) in [6, 6.07) is 2.15. The van der Waals surface area contributed by atoms with Crippen molar-refractivity contribution < 1.29 is 0 Å². The highest BCUT2D eigenvalue weighted by Crippen LogP contribution is 2.25. The number of rotatable bonds is 1. The summed E-state index contributed by atoms with van der Waals surface area (Å²) in [6.45, 7) is 4.38. The molecule has 0 bridgehead atoms. The molecule has 0 aliphatic carbocycles. The van der Waals surface area contributed by atoms with Crippen molar-refractivity contribution in [3.8, 4) is 0 Å². The van der Waals surface area contributed by atoms with Crippen LogP contribution >= 0.6 is 15.9 Å². The molecular formula is C11H15BrN2. The Morgan fingerprint density at radius 1 is 1.57 bits per heavy atom. The minimum absolute atomic E-state index is 0.608. The highest BCUT2D eigenvalue weighted by molar-refractivity contribution is 9.10. The molecule has 0 aromatic carbocycles. The monoisotopic (exact) mass is 254 g/mol. The molecule has 3 heteroatoms. The Bertz CT molecular complexity index is 319. The maximum absolute atomic E-state index is 4.51. The Kier molecular flexibility index (Phi) is 3.19. The van der Waals surface area contributed by atoms with Gasteiger partial charge in [-0.2, -0.15) is 0 Å². The summed E-state index contributed by atoms with van der Waals surface area (Å²) in [4.78, 5) is 4.51. The number of piperidine rings is 1. The number of hydrogen-bond acceptors (Lipinski definition) is 2. The van der Waals surface area contributed by atoms with Gasteiger partial charge in [-0.3, -0.25) is 4.98 Å². The summed E-state index contributed by atoms with van der Waals surface area (Å²) in [6.07, 6.45) is 4.43. The maximum atomic E-state index is 4.51. The molecule has 0 saturated carbocycles. The molecule has 1 unspecified atom stereocenters. The van der Waals surface area contributed by atoms with Crippen LogP contribution in [0.25, 0.3) is 0 Å². The summed E-state index contributed by atoms with van der Waals surface area (Å²) in [5.41, 5.74) is 2.56. The number of pyridine rings is 1. The lowest BCUT2D eigenvalue weighted by molar-refractivity contribution is 0.453. The van der Waals surface area contributed by atoms with Gasteiger partial charge in [0.05, 0.1) is 0 Å². The first-order valence-electron chi connectivity index (χ1n) is 5.10. The smallest absolute Gasteiger partial charge is 0.0477 e. The van der Waals surface area contributed by atoms with E-state index in [2.05, 4.69) is 39.2 Å². The molecule has 1 N–H and O–H groups in total. The fourth-order valence-electron chi connectivity index (χ4n) is 2.06. The van der Waals surface area contributed by atoms with Crippen LogP contribution in [0, 0.1) is 6.92 Å². The SMILES string of the molecule is Cc1cc(Br)cnc1C1CCCNC1. The predicted molar refractivity (Wildman–Crippen MR) is 61.5 cm³/mol. The van der Waals surface area contributed by atoms with E-state index in [1.807, 2.05) is 6.20 Å². The molecular weight excluding hydrogens is 240 g/mol. The average molecular weight is 255 g/mol. The maximum Gasteiger partial charge on any atom is 0.0477 e. The Morgan fingerprint density at radius 2 is 2.43 bits per heavy atom. The van der Waals surface area contributed by atoms with E-state index in [9.17, 15) is 0 Å². The van der Waals surface area contributed by atoms with Crippen molar-refractivity contribution in [1.82, 2.24) is 10.3 Å². The number of halogens is 1. The quantitative estimate of drug-likeness (QED) is 0.834.